The first-order chi connectivity index (χ1) is 22.8. The lowest BCUT2D eigenvalue weighted by molar-refractivity contribution is 0.0374. The summed E-state index contributed by atoms with van der Waals surface area (Å²) in [4.78, 5) is 30.0. The number of urea groups is 1. The van der Waals surface area contributed by atoms with E-state index in [0.717, 1.165) is 73.8 Å². The van der Waals surface area contributed by atoms with Crippen LogP contribution in [0.2, 0.25) is 0 Å². The molecule has 0 atom stereocenters. The number of ether oxygens (including phenoxy) is 3. The molecule has 1 fully saturated rings. The van der Waals surface area contributed by atoms with Gasteiger partial charge in [-0.2, -0.15) is 4.98 Å². The van der Waals surface area contributed by atoms with Gasteiger partial charge >= 0.3 is 6.03 Å². The molecular weight excluding hydrogens is 592 g/mol. The molecule has 0 unspecified atom stereocenters. The number of amides is 2. The number of benzene rings is 3. The average Bonchev–Trinajstić information content (AvgIpc) is 3.06. The number of methoxy groups -OCH3 is 2. The molecular formula is C37H44N6O4. The van der Waals surface area contributed by atoms with Gasteiger partial charge in [0.25, 0.3) is 0 Å². The second-order valence-electron chi connectivity index (χ2n) is 12.3. The summed E-state index contributed by atoms with van der Waals surface area (Å²) in [5.74, 6) is 2.04. The molecule has 6 rings (SSSR count). The molecule has 246 valence electrons. The van der Waals surface area contributed by atoms with Crippen LogP contribution in [0.1, 0.15) is 39.8 Å². The fraction of sp³-hybridized carbons (Fsp3) is 0.378. The Morgan fingerprint density at radius 2 is 1.64 bits per heavy atom. The first kappa shape index (κ1) is 32.3. The fourth-order valence-electron chi connectivity index (χ4n) is 6.70. The molecule has 1 saturated heterocycles. The van der Waals surface area contributed by atoms with Gasteiger partial charge in [0.15, 0.2) is 5.82 Å². The zero-order valence-corrected chi connectivity index (χ0v) is 28.2. The predicted molar refractivity (Wildman–Crippen MR) is 186 cm³/mol. The van der Waals surface area contributed by atoms with Gasteiger partial charge in [-0.25, -0.2) is 14.7 Å². The van der Waals surface area contributed by atoms with Crippen LogP contribution in [0.15, 0.2) is 54.7 Å². The van der Waals surface area contributed by atoms with E-state index in [9.17, 15) is 4.79 Å². The minimum atomic E-state index is -0.226. The Labute approximate surface area is 277 Å². The van der Waals surface area contributed by atoms with E-state index in [-0.39, 0.29) is 6.03 Å². The molecule has 10 heteroatoms. The number of rotatable bonds is 10. The monoisotopic (exact) mass is 636 g/mol. The van der Waals surface area contributed by atoms with Crippen LogP contribution >= 0.6 is 0 Å². The van der Waals surface area contributed by atoms with E-state index in [4.69, 9.17) is 24.2 Å². The molecule has 3 aromatic carbocycles. The molecule has 0 spiro atoms. The van der Waals surface area contributed by atoms with Crippen molar-refractivity contribution >= 4 is 34.9 Å². The number of hydrogen-bond acceptors (Lipinski definition) is 8. The molecule has 0 aliphatic carbocycles. The zero-order valence-electron chi connectivity index (χ0n) is 28.2. The number of anilines is 5. The lowest BCUT2D eigenvalue weighted by Crippen LogP contribution is -2.46. The maximum atomic E-state index is 14.5. The van der Waals surface area contributed by atoms with Crippen molar-refractivity contribution in [2.45, 2.75) is 47.1 Å². The van der Waals surface area contributed by atoms with Crippen LogP contribution in [-0.4, -0.2) is 68.0 Å². The van der Waals surface area contributed by atoms with E-state index in [1.807, 2.05) is 44.2 Å². The highest BCUT2D eigenvalue weighted by Gasteiger charge is 2.37. The maximum Gasteiger partial charge on any atom is 0.335 e. The second-order valence-corrected chi connectivity index (χ2v) is 12.3. The van der Waals surface area contributed by atoms with Crippen LogP contribution in [0, 0.1) is 27.7 Å². The largest absolute Gasteiger partial charge is 0.497 e. The van der Waals surface area contributed by atoms with Crippen molar-refractivity contribution in [2.24, 2.45) is 0 Å². The molecule has 0 saturated carbocycles. The normalized spacial score (nSPS) is 15.1. The van der Waals surface area contributed by atoms with Crippen molar-refractivity contribution in [1.29, 1.82) is 0 Å². The van der Waals surface area contributed by atoms with E-state index in [1.54, 1.807) is 36.3 Å². The lowest BCUT2D eigenvalue weighted by Gasteiger charge is -2.37. The number of morpholine rings is 1. The van der Waals surface area contributed by atoms with Crippen LogP contribution < -0.4 is 24.6 Å². The standard InChI is InChI=1S/C37H44N6O4/c1-24-9-7-10-25(2)34(24)42-23-28-22-38-36(40-35(28)43(37(42)44)32-13-12-30(45-5)21-33(32)46-6)39-29-19-26(3)31(27(4)20-29)11-8-14-41-15-17-47-18-16-41/h7,9-10,12-13,19-22H,8,11,14-18,23H2,1-6H3,(H,38,39,40). The van der Waals surface area contributed by atoms with Gasteiger partial charge in [-0.15, -0.1) is 0 Å². The van der Waals surface area contributed by atoms with E-state index in [0.29, 0.717) is 35.5 Å². The minimum Gasteiger partial charge on any atom is -0.497 e. The van der Waals surface area contributed by atoms with E-state index >= 15 is 0 Å². The number of nitrogens with zero attached hydrogens (tertiary/aromatic N) is 5. The van der Waals surface area contributed by atoms with Gasteiger partial charge in [-0.05, 0) is 99.2 Å². The molecule has 2 aliphatic rings. The third kappa shape index (κ3) is 6.75. The highest BCUT2D eigenvalue weighted by molar-refractivity contribution is 6.11. The van der Waals surface area contributed by atoms with Crippen molar-refractivity contribution in [3.63, 3.8) is 0 Å². The second kappa shape index (κ2) is 14.0. The van der Waals surface area contributed by atoms with Gasteiger partial charge in [0.05, 0.1) is 45.4 Å². The molecule has 2 aliphatic heterocycles. The minimum absolute atomic E-state index is 0.226. The number of aromatic nitrogens is 2. The summed E-state index contributed by atoms with van der Waals surface area (Å²) >= 11 is 0. The first-order valence-electron chi connectivity index (χ1n) is 16.2. The maximum absolute atomic E-state index is 14.5. The van der Waals surface area contributed by atoms with Gasteiger partial charge < -0.3 is 19.5 Å². The Balaban J connectivity index is 1.31. The smallest absolute Gasteiger partial charge is 0.335 e. The lowest BCUT2D eigenvalue weighted by atomic mass is 9.97. The zero-order chi connectivity index (χ0) is 33.1. The molecule has 47 heavy (non-hydrogen) atoms. The SMILES string of the molecule is COc1ccc(N2C(=O)N(c3c(C)cccc3C)Cc3cnc(Nc4cc(C)c(CCCN5CCOCC5)c(C)c4)nc32)c(OC)c1. The summed E-state index contributed by atoms with van der Waals surface area (Å²) in [5.41, 5.74) is 9.03. The van der Waals surface area contributed by atoms with Crippen molar-refractivity contribution in [2.75, 3.05) is 62.2 Å². The Morgan fingerprint density at radius 1 is 0.915 bits per heavy atom. The van der Waals surface area contributed by atoms with Crippen molar-refractivity contribution < 1.29 is 19.0 Å². The number of nitrogens with one attached hydrogen (secondary N) is 1. The average molecular weight is 637 g/mol. The Morgan fingerprint density at radius 3 is 2.32 bits per heavy atom. The van der Waals surface area contributed by atoms with E-state index in [2.05, 4.69) is 36.2 Å². The highest BCUT2D eigenvalue weighted by Crippen LogP contribution is 2.42. The van der Waals surface area contributed by atoms with Gasteiger partial charge in [0.1, 0.15) is 11.5 Å². The highest BCUT2D eigenvalue weighted by atomic mass is 16.5. The van der Waals surface area contributed by atoms with Gasteiger partial charge in [0.2, 0.25) is 5.95 Å². The summed E-state index contributed by atoms with van der Waals surface area (Å²) in [6.45, 7) is 13.5. The van der Waals surface area contributed by atoms with Crippen LogP contribution in [0.5, 0.6) is 11.5 Å². The fourth-order valence-corrected chi connectivity index (χ4v) is 6.70. The van der Waals surface area contributed by atoms with Gasteiger partial charge in [0, 0.05) is 36.6 Å². The molecule has 2 amide bonds. The van der Waals surface area contributed by atoms with Crippen LogP contribution in [0.25, 0.3) is 0 Å². The van der Waals surface area contributed by atoms with Gasteiger partial charge in [-0.3, -0.25) is 9.80 Å². The predicted octanol–water partition coefficient (Wildman–Crippen LogP) is 7.01. The summed E-state index contributed by atoms with van der Waals surface area (Å²) in [6, 6.07) is 15.5. The molecule has 4 aromatic rings. The molecule has 10 nitrogen and oxygen atoms in total. The number of carbonyl (C=O) groups excluding carboxylic acids is 1. The van der Waals surface area contributed by atoms with Crippen molar-refractivity contribution in [3.8, 4) is 11.5 Å². The number of hydrogen-bond donors (Lipinski definition) is 1. The number of aryl methyl sites for hydroxylation is 4. The topological polar surface area (TPSA) is 92.3 Å². The number of carbonyl (C=O) groups is 1. The summed E-state index contributed by atoms with van der Waals surface area (Å²) < 4.78 is 16.7. The Bertz CT molecular complexity index is 1730. The van der Waals surface area contributed by atoms with Crippen molar-refractivity contribution in [1.82, 2.24) is 14.9 Å². The van der Waals surface area contributed by atoms with Gasteiger partial charge in [-0.1, -0.05) is 18.2 Å². The van der Waals surface area contributed by atoms with E-state index in [1.165, 1.54) is 16.7 Å². The third-order valence-electron chi connectivity index (χ3n) is 9.10. The van der Waals surface area contributed by atoms with Crippen LogP contribution in [0.4, 0.5) is 33.6 Å². The first-order valence-corrected chi connectivity index (χ1v) is 16.2. The Hall–Kier alpha value is -4.67. The third-order valence-corrected chi connectivity index (χ3v) is 9.10. The molecule has 1 aromatic heterocycles. The van der Waals surface area contributed by atoms with E-state index < -0.39 is 0 Å². The molecule has 0 bridgehead atoms. The van der Waals surface area contributed by atoms with Crippen LogP contribution in [-0.2, 0) is 17.7 Å². The molecule has 0 radical (unpaired) electrons. The Kier molecular flexibility index (Phi) is 9.60. The summed E-state index contributed by atoms with van der Waals surface area (Å²) in [7, 11) is 3.19. The molecule has 3 heterocycles. The molecule has 1 N–H and O–H groups in total. The summed E-state index contributed by atoms with van der Waals surface area (Å²) in [5, 5.41) is 3.42. The number of fused-ring (bicyclic) bond motifs is 1. The summed E-state index contributed by atoms with van der Waals surface area (Å²) in [6.07, 6.45) is 3.95. The number of para-hydroxylation sites is 1. The van der Waals surface area contributed by atoms with Crippen molar-refractivity contribution in [3.05, 3.63) is 88.1 Å². The van der Waals surface area contributed by atoms with Crippen LogP contribution in [0.3, 0.4) is 0 Å². The quantitative estimate of drug-likeness (QED) is 0.199.